The van der Waals surface area contributed by atoms with E-state index in [1.807, 2.05) is 12.2 Å². The molecule has 0 nitrogen and oxygen atoms in total. The van der Waals surface area contributed by atoms with Gasteiger partial charge in [-0.3, -0.25) is 0 Å². The van der Waals surface area contributed by atoms with Gasteiger partial charge in [0, 0.05) is 0 Å². The predicted octanol–water partition coefficient (Wildman–Crippen LogP) is 6.43. The molecule has 3 aromatic rings. The van der Waals surface area contributed by atoms with Gasteiger partial charge in [0.2, 0.25) is 0 Å². The van der Waals surface area contributed by atoms with Crippen LogP contribution >= 0.6 is 0 Å². The molecule has 0 radical (unpaired) electrons. The van der Waals surface area contributed by atoms with Gasteiger partial charge in [-0.1, -0.05) is 91.5 Å². The molecular formula is C22H22. The molecule has 0 aliphatic heterocycles. The van der Waals surface area contributed by atoms with Crippen molar-refractivity contribution in [2.75, 3.05) is 0 Å². The minimum Gasteiger partial charge on any atom is -0.0985 e. The molecule has 0 amide bonds. The monoisotopic (exact) mass is 286 g/mol. The summed E-state index contributed by atoms with van der Waals surface area (Å²) in [6.07, 6.45) is 3.77. The lowest BCUT2D eigenvalue weighted by Crippen LogP contribution is -1.80. The summed E-state index contributed by atoms with van der Waals surface area (Å²) in [6, 6.07) is 20.9. The summed E-state index contributed by atoms with van der Waals surface area (Å²) in [5, 5.41) is 2.55. The van der Waals surface area contributed by atoms with E-state index in [0.717, 1.165) is 0 Å². The van der Waals surface area contributed by atoms with Crippen LogP contribution in [-0.2, 0) is 0 Å². The van der Waals surface area contributed by atoms with Gasteiger partial charge in [0.25, 0.3) is 0 Å². The van der Waals surface area contributed by atoms with Crippen molar-refractivity contribution in [3.05, 3.63) is 96.1 Å². The van der Waals surface area contributed by atoms with Crippen LogP contribution in [0.5, 0.6) is 0 Å². The largest absolute Gasteiger partial charge is 0.0985 e. The zero-order valence-electron chi connectivity index (χ0n) is 13.3. The molecular weight excluding hydrogens is 264 g/mol. The summed E-state index contributed by atoms with van der Waals surface area (Å²) in [4.78, 5) is 0. The lowest BCUT2D eigenvalue weighted by Gasteiger charge is -1.99. The van der Waals surface area contributed by atoms with Crippen molar-refractivity contribution < 1.29 is 0 Å². The SMILES string of the molecule is C=Cc1ccc(C)cc1C.C=Cc1cccc2ccccc12. The number of hydrogen-bond donors (Lipinski definition) is 0. The average Bonchev–Trinajstić information content (AvgIpc) is 2.55. The Morgan fingerprint density at radius 1 is 0.727 bits per heavy atom. The molecule has 0 saturated carbocycles. The Bertz CT molecular complexity index is 789. The molecule has 22 heavy (non-hydrogen) atoms. The van der Waals surface area contributed by atoms with Crippen molar-refractivity contribution in [3.8, 4) is 0 Å². The molecule has 0 atom stereocenters. The van der Waals surface area contributed by atoms with E-state index in [4.69, 9.17) is 0 Å². The van der Waals surface area contributed by atoms with Crippen LogP contribution in [0.25, 0.3) is 22.9 Å². The fourth-order valence-corrected chi connectivity index (χ4v) is 2.48. The first kappa shape index (κ1) is 15.8. The zero-order chi connectivity index (χ0) is 15.9. The van der Waals surface area contributed by atoms with Crippen LogP contribution < -0.4 is 0 Å². The maximum absolute atomic E-state index is 3.78. The summed E-state index contributed by atoms with van der Waals surface area (Å²) in [6.45, 7) is 11.7. The van der Waals surface area contributed by atoms with Crippen molar-refractivity contribution in [1.82, 2.24) is 0 Å². The molecule has 0 unspecified atom stereocenters. The number of hydrogen-bond acceptors (Lipinski definition) is 0. The van der Waals surface area contributed by atoms with Gasteiger partial charge in [0.05, 0.1) is 0 Å². The standard InChI is InChI=1S/C12H10.C10H12/c1-2-10-7-5-8-11-6-3-4-9-12(10)11;1-4-10-6-5-8(2)7-9(10)3/h2-9H,1H2;4-7H,1H2,2-3H3. The first-order valence-corrected chi connectivity index (χ1v) is 7.45. The van der Waals surface area contributed by atoms with Crippen molar-refractivity contribution in [2.45, 2.75) is 13.8 Å². The van der Waals surface area contributed by atoms with E-state index < -0.39 is 0 Å². The molecule has 0 heteroatoms. The van der Waals surface area contributed by atoms with Crippen molar-refractivity contribution in [3.63, 3.8) is 0 Å². The van der Waals surface area contributed by atoms with E-state index in [-0.39, 0.29) is 0 Å². The first-order valence-electron chi connectivity index (χ1n) is 7.45. The van der Waals surface area contributed by atoms with Crippen LogP contribution in [0, 0.1) is 13.8 Å². The number of aryl methyl sites for hydroxylation is 2. The lowest BCUT2D eigenvalue weighted by atomic mass is 10.1. The van der Waals surface area contributed by atoms with E-state index in [2.05, 4.69) is 87.7 Å². The highest BCUT2D eigenvalue weighted by Crippen LogP contribution is 2.18. The topological polar surface area (TPSA) is 0 Å². The molecule has 3 aromatic carbocycles. The third-order valence-corrected chi connectivity index (χ3v) is 3.69. The summed E-state index contributed by atoms with van der Waals surface area (Å²) >= 11 is 0. The Labute approximate surface area is 133 Å². The summed E-state index contributed by atoms with van der Waals surface area (Å²) in [5.41, 5.74) is 5.04. The van der Waals surface area contributed by atoms with Gasteiger partial charge < -0.3 is 0 Å². The predicted molar refractivity (Wildman–Crippen MR) is 100 cm³/mol. The number of rotatable bonds is 2. The molecule has 0 bridgehead atoms. The van der Waals surface area contributed by atoms with Crippen molar-refractivity contribution in [1.29, 1.82) is 0 Å². The van der Waals surface area contributed by atoms with Gasteiger partial charge in [-0.2, -0.15) is 0 Å². The second kappa shape index (κ2) is 7.42. The maximum atomic E-state index is 3.78. The average molecular weight is 286 g/mol. The van der Waals surface area contributed by atoms with Gasteiger partial charge in [0.1, 0.15) is 0 Å². The van der Waals surface area contributed by atoms with E-state index in [1.54, 1.807) is 0 Å². The molecule has 3 rings (SSSR count). The van der Waals surface area contributed by atoms with E-state index >= 15 is 0 Å². The van der Waals surface area contributed by atoms with Crippen molar-refractivity contribution >= 4 is 22.9 Å². The van der Waals surface area contributed by atoms with Crippen LogP contribution in [0.2, 0.25) is 0 Å². The minimum absolute atomic E-state index is 1.20. The normalized spacial score (nSPS) is 9.73. The Balaban J connectivity index is 0.000000164. The molecule has 0 heterocycles. The quantitative estimate of drug-likeness (QED) is 0.509. The van der Waals surface area contributed by atoms with E-state index in [1.165, 1.54) is 33.0 Å². The summed E-state index contributed by atoms with van der Waals surface area (Å²) < 4.78 is 0. The number of benzene rings is 3. The van der Waals surface area contributed by atoms with Gasteiger partial charge in [-0.15, -0.1) is 0 Å². The smallest absolute Gasteiger partial charge is 0.0112 e. The highest BCUT2D eigenvalue weighted by molar-refractivity contribution is 5.90. The second-order valence-electron chi connectivity index (χ2n) is 5.34. The highest BCUT2D eigenvalue weighted by atomic mass is 14.0. The van der Waals surface area contributed by atoms with Crippen LogP contribution in [0.1, 0.15) is 22.3 Å². The highest BCUT2D eigenvalue weighted by Gasteiger charge is 1.94. The first-order chi connectivity index (χ1) is 10.7. The van der Waals surface area contributed by atoms with Gasteiger partial charge in [-0.05, 0) is 41.3 Å². The Morgan fingerprint density at radius 2 is 1.41 bits per heavy atom. The fraction of sp³-hybridized carbons (Fsp3) is 0.0909. The summed E-state index contributed by atoms with van der Waals surface area (Å²) in [7, 11) is 0. The van der Waals surface area contributed by atoms with Crippen LogP contribution in [-0.4, -0.2) is 0 Å². The van der Waals surface area contributed by atoms with Crippen LogP contribution in [0.3, 0.4) is 0 Å². The fourth-order valence-electron chi connectivity index (χ4n) is 2.48. The van der Waals surface area contributed by atoms with Crippen LogP contribution in [0.15, 0.2) is 73.8 Å². The van der Waals surface area contributed by atoms with Crippen molar-refractivity contribution in [2.24, 2.45) is 0 Å². The molecule has 110 valence electrons. The second-order valence-corrected chi connectivity index (χ2v) is 5.34. The molecule has 0 aliphatic rings. The molecule has 0 fully saturated rings. The third-order valence-electron chi connectivity index (χ3n) is 3.69. The molecule has 0 aromatic heterocycles. The maximum Gasteiger partial charge on any atom is -0.0112 e. The molecule has 0 aliphatic carbocycles. The lowest BCUT2D eigenvalue weighted by molar-refractivity contribution is 1.37. The van der Waals surface area contributed by atoms with Crippen LogP contribution in [0.4, 0.5) is 0 Å². The Morgan fingerprint density at radius 3 is 2.09 bits per heavy atom. The third kappa shape index (κ3) is 3.73. The molecule has 0 N–H and O–H groups in total. The van der Waals surface area contributed by atoms with Gasteiger partial charge in [0.15, 0.2) is 0 Å². The molecule has 0 spiro atoms. The molecule has 0 saturated heterocycles. The van der Waals surface area contributed by atoms with Gasteiger partial charge in [-0.25, -0.2) is 0 Å². The number of fused-ring (bicyclic) bond motifs is 1. The minimum atomic E-state index is 1.20. The Hall–Kier alpha value is -2.60. The van der Waals surface area contributed by atoms with E-state index in [0.29, 0.717) is 0 Å². The zero-order valence-corrected chi connectivity index (χ0v) is 13.3. The summed E-state index contributed by atoms with van der Waals surface area (Å²) in [5.74, 6) is 0. The Kier molecular flexibility index (Phi) is 5.32. The van der Waals surface area contributed by atoms with Gasteiger partial charge >= 0.3 is 0 Å². The van der Waals surface area contributed by atoms with E-state index in [9.17, 15) is 0 Å².